The molecule has 0 aliphatic heterocycles. The van der Waals surface area contributed by atoms with Crippen molar-refractivity contribution in [3.05, 3.63) is 51.7 Å². The van der Waals surface area contributed by atoms with Crippen LogP contribution in [0.1, 0.15) is 26.8 Å². The second-order valence-corrected chi connectivity index (χ2v) is 6.37. The van der Waals surface area contributed by atoms with Crippen LogP contribution in [0.5, 0.6) is 5.75 Å². The van der Waals surface area contributed by atoms with Crippen molar-refractivity contribution in [1.29, 1.82) is 0 Å². The zero-order chi connectivity index (χ0) is 16.1. The second-order valence-electron chi connectivity index (χ2n) is 5.39. The second kappa shape index (κ2) is 7.42. The molecular formula is C17H22N2O2S. The van der Waals surface area contributed by atoms with E-state index in [2.05, 4.69) is 21.7 Å². The van der Waals surface area contributed by atoms with E-state index in [1.807, 2.05) is 39.2 Å². The summed E-state index contributed by atoms with van der Waals surface area (Å²) in [7, 11) is 5.65. The Balaban J connectivity index is 2.05. The quantitative estimate of drug-likeness (QED) is 0.890. The van der Waals surface area contributed by atoms with Gasteiger partial charge in [0.25, 0.3) is 5.91 Å². The van der Waals surface area contributed by atoms with Crippen LogP contribution in [0.3, 0.4) is 0 Å². The molecule has 1 unspecified atom stereocenters. The van der Waals surface area contributed by atoms with Crippen LogP contribution in [0.15, 0.2) is 35.7 Å². The number of aryl methyl sites for hydroxylation is 1. The number of likely N-dealkylation sites (N-methyl/N-ethyl adjacent to an activating group) is 1. The van der Waals surface area contributed by atoms with E-state index in [4.69, 9.17) is 4.74 Å². The Kier molecular flexibility index (Phi) is 5.57. The molecule has 5 heteroatoms. The summed E-state index contributed by atoms with van der Waals surface area (Å²) in [5.74, 6) is 0.650. The van der Waals surface area contributed by atoms with Crippen LogP contribution < -0.4 is 10.1 Å². The predicted molar refractivity (Wildman–Crippen MR) is 90.8 cm³/mol. The molecule has 1 amide bonds. The first kappa shape index (κ1) is 16.5. The molecule has 0 aliphatic carbocycles. The number of hydrogen-bond donors (Lipinski definition) is 1. The van der Waals surface area contributed by atoms with Gasteiger partial charge in [-0.1, -0.05) is 12.1 Å². The highest BCUT2D eigenvalue weighted by molar-refractivity contribution is 7.10. The maximum atomic E-state index is 12.3. The molecular weight excluding hydrogens is 296 g/mol. The summed E-state index contributed by atoms with van der Waals surface area (Å²) in [5.41, 5.74) is 1.63. The predicted octanol–water partition coefficient (Wildman–Crippen LogP) is 3.10. The molecule has 2 rings (SSSR count). The Morgan fingerprint density at radius 2 is 2.14 bits per heavy atom. The molecule has 0 spiro atoms. The molecule has 22 heavy (non-hydrogen) atoms. The molecule has 118 valence electrons. The van der Waals surface area contributed by atoms with Crippen LogP contribution in [0.25, 0.3) is 0 Å². The zero-order valence-corrected chi connectivity index (χ0v) is 14.2. The van der Waals surface area contributed by atoms with Crippen molar-refractivity contribution in [1.82, 2.24) is 10.2 Å². The Bertz CT molecular complexity index is 624. The van der Waals surface area contributed by atoms with Crippen LogP contribution in [0.2, 0.25) is 0 Å². The molecule has 1 heterocycles. The number of thiophene rings is 1. The lowest BCUT2D eigenvalue weighted by molar-refractivity contribution is 0.0942. The number of carbonyl (C=O) groups excluding carboxylic acids is 1. The van der Waals surface area contributed by atoms with Crippen molar-refractivity contribution in [3.63, 3.8) is 0 Å². The Labute approximate surface area is 135 Å². The summed E-state index contributed by atoms with van der Waals surface area (Å²) in [5, 5.41) is 5.06. The summed E-state index contributed by atoms with van der Waals surface area (Å²) in [6.07, 6.45) is 0. The van der Waals surface area contributed by atoms with Gasteiger partial charge >= 0.3 is 0 Å². The van der Waals surface area contributed by atoms with E-state index in [9.17, 15) is 4.79 Å². The van der Waals surface area contributed by atoms with Crippen molar-refractivity contribution in [2.75, 3.05) is 27.7 Å². The van der Waals surface area contributed by atoms with Crippen LogP contribution in [0.4, 0.5) is 0 Å². The van der Waals surface area contributed by atoms with Gasteiger partial charge in [-0.25, -0.2) is 0 Å². The molecule has 1 aromatic carbocycles. The highest BCUT2D eigenvalue weighted by Crippen LogP contribution is 2.23. The maximum absolute atomic E-state index is 12.3. The van der Waals surface area contributed by atoms with Gasteiger partial charge in [-0.05, 0) is 50.2 Å². The Hall–Kier alpha value is -1.85. The lowest BCUT2D eigenvalue weighted by atomic mass is 10.1. The van der Waals surface area contributed by atoms with Crippen LogP contribution >= 0.6 is 11.3 Å². The summed E-state index contributed by atoms with van der Waals surface area (Å²) in [4.78, 5) is 15.7. The molecule has 1 atom stereocenters. The molecule has 2 aromatic rings. The van der Waals surface area contributed by atoms with Crippen LogP contribution in [0, 0.1) is 6.92 Å². The van der Waals surface area contributed by atoms with E-state index in [1.54, 1.807) is 24.5 Å². The highest BCUT2D eigenvalue weighted by atomic mass is 32.1. The van der Waals surface area contributed by atoms with Gasteiger partial charge in [0.2, 0.25) is 0 Å². The Morgan fingerprint density at radius 1 is 1.36 bits per heavy atom. The average Bonchev–Trinajstić information content (AvgIpc) is 3.01. The monoisotopic (exact) mass is 318 g/mol. The van der Waals surface area contributed by atoms with E-state index in [1.165, 1.54) is 4.88 Å². The van der Waals surface area contributed by atoms with E-state index in [0.717, 1.165) is 11.3 Å². The number of carbonyl (C=O) groups is 1. The first-order valence-electron chi connectivity index (χ1n) is 7.15. The number of nitrogens with one attached hydrogen (secondary N) is 1. The molecule has 0 saturated heterocycles. The fourth-order valence-corrected chi connectivity index (χ4v) is 3.19. The summed E-state index contributed by atoms with van der Waals surface area (Å²) in [6.45, 7) is 2.53. The molecule has 0 saturated carbocycles. The van der Waals surface area contributed by atoms with Gasteiger partial charge in [0, 0.05) is 17.0 Å². The minimum Gasteiger partial charge on any atom is -0.496 e. The number of nitrogens with zero attached hydrogens (tertiary/aromatic N) is 1. The highest BCUT2D eigenvalue weighted by Gasteiger charge is 2.17. The summed E-state index contributed by atoms with van der Waals surface area (Å²) in [6, 6.07) is 9.80. The molecule has 1 aromatic heterocycles. The van der Waals surface area contributed by atoms with Gasteiger partial charge in [-0.2, -0.15) is 0 Å². The van der Waals surface area contributed by atoms with Crippen molar-refractivity contribution >= 4 is 17.2 Å². The van der Waals surface area contributed by atoms with E-state index in [-0.39, 0.29) is 11.9 Å². The van der Waals surface area contributed by atoms with Crippen molar-refractivity contribution < 1.29 is 9.53 Å². The van der Waals surface area contributed by atoms with Gasteiger partial charge in [-0.15, -0.1) is 11.3 Å². The van der Waals surface area contributed by atoms with Crippen molar-refractivity contribution in [3.8, 4) is 5.75 Å². The molecule has 0 aliphatic rings. The lowest BCUT2D eigenvalue weighted by Gasteiger charge is -2.23. The number of methoxy groups -OCH3 is 1. The largest absolute Gasteiger partial charge is 0.496 e. The number of amides is 1. The van der Waals surface area contributed by atoms with E-state index >= 15 is 0 Å². The zero-order valence-electron chi connectivity index (χ0n) is 13.4. The SMILES string of the molecule is COc1cc(C(=O)NCC(c2cccs2)N(C)C)ccc1C. The third-order valence-corrected chi connectivity index (χ3v) is 4.59. The molecule has 0 radical (unpaired) electrons. The minimum atomic E-state index is -0.0818. The molecule has 0 fully saturated rings. The third-order valence-electron chi connectivity index (χ3n) is 3.62. The number of ether oxygens (including phenoxy) is 1. The van der Waals surface area contributed by atoms with Gasteiger partial charge < -0.3 is 15.0 Å². The average molecular weight is 318 g/mol. The normalized spacial score (nSPS) is 12.2. The molecule has 0 bridgehead atoms. The van der Waals surface area contributed by atoms with E-state index in [0.29, 0.717) is 12.1 Å². The number of rotatable bonds is 6. The lowest BCUT2D eigenvalue weighted by Crippen LogP contribution is -2.34. The number of benzene rings is 1. The smallest absolute Gasteiger partial charge is 0.251 e. The first-order valence-corrected chi connectivity index (χ1v) is 8.03. The minimum absolute atomic E-state index is 0.0818. The Morgan fingerprint density at radius 3 is 2.73 bits per heavy atom. The van der Waals surface area contributed by atoms with Gasteiger partial charge in [-0.3, -0.25) is 4.79 Å². The molecule has 4 nitrogen and oxygen atoms in total. The number of hydrogen-bond acceptors (Lipinski definition) is 4. The first-order chi connectivity index (χ1) is 10.5. The summed E-state index contributed by atoms with van der Waals surface area (Å²) < 4.78 is 5.27. The van der Waals surface area contributed by atoms with Crippen molar-refractivity contribution in [2.45, 2.75) is 13.0 Å². The van der Waals surface area contributed by atoms with Crippen LogP contribution in [-0.2, 0) is 0 Å². The topological polar surface area (TPSA) is 41.6 Å². The fourth-order valence-electron chi connectivity index (χ4n) is 2.27. The fraction of sp³-hybridized carbons (Fsp3) is 0.353. The summed E-state index contributed by atoms with van der Waals surface area (Å²) >= 11 is 1.70. The van der Waals surface area contributed by atoms with Gasteiger partial charge in [0.15, 0.2) is 0 Å². The standard InChI is InChI=1S/C17H22N2O2S/c1-12-7-8-13(10-15(12)21-4)17(20)18-11-14(19(2)3)16-6-5-9-22-16/h5-10,14H,11H2,1-4H3,(H,18,20). The van der Waals surface area contributed by atoms with E-state index < -0.39 is 0 Å². The van der Waals surface area contributed by atoms with Crippen molar-refractivity contribution in [2.24, 2.45) is 0 Å². The molecule has 1 N–H and O–H groups in total. The van der Waals surface area contributed by atoms with Gasteiger partial charge in [0.05, 0.1) is 13.2 Å². The van der Waals surface area contributed by atoms with Gasteiger partial charge in [0.1, 0.15) is 5.75 Å². The van der Waals surface area contributed by atoms with Crippen LogP contribution in [-0.4, -0.2) is 38.6 Å². The maximum Gasteiger partial charge on any atom is 0.251 e. The third kappa shape index (κ3) is 3.87.